The molecule has 0 aromatic carbocycles. The van der Waals surface area contributed by atoms with Gasteiger partial charge in [0.15, 0.2) is 6.10 Å². The van der Waals surface area contributed by atoms with E-state index < -0.39 is 12.3 Å². The van der Waals surface area contributed by atoms with E-state index in [-0.39, 0.29) is 10.6 Å². The van der Waals surface area contributed by atoms with E-state index in [4.69, 9.17) is 11.6 Å². The van der Waals surface area contributed by atoms with Crippen molar-refractivity contribution in [2.75, 3.05) is 0 Å². The molecule has 0 saturated carbocycles. The number of aliphatic hydroxyl groups is 1. The van der Waals surface area contributed by atoms with Gasteiger partial charge < -0.3 is 5.11 Å². The van der Waals surface area contributed by atoms with Crippen molar-refractivity contribution >= 4 is 11.6 Å². The molecule has 0 bridgehead atoms. The van der Waals surface area contributed by atoms with Crippen molar-refractivity contribution in [3.8, 4) is 11.1 Å². The van der Waals surface area contributed by atoms with Gasteiger partial charge in [0.05, 0.1) is 0 Å². The Kier molecular flexibility index (Phi) is 3.02. The average Bonchev–Trinajstić information content (AvgIpc) is 2.45. The van der Waals surface area contributed by atoms with Crippen LogP contribution in [0.2, 0.25) is 5.02 Å². The molecule has 0 aromatic heterocycles. The highest BCUT2D eigenvalue weighted by molar-refractivity contribution is 6.34. The van der Waals surface area contributed by atoms with Crippen molar-refractivity contribution in [2.45, 2.75) is 12.3 Å². The highest BCUT2D eigenvalue weighted by Crippen LogP contribution is 2.43. The van der Waals surface area contributed by atoms with E-state index in [2.05, 4.69) is 0 Å². The third-order valence-electron chi connectivity index (χ3n) is 2.49. The summed E-state index contributed by atoms with van der Waals surface area (Å²) in [5.41, 5.74) is 0.591. The molecule has 0 aromatic rings. The first-order valence-electron chi connectivity index (χ1n) is 4.83. The van der Waals surface area contributed by atoms with Gasteiger partial charge >= 0.3 is 6.18 Å². The minimum absolute atomic E-state index is 0.203. The van der Waals surface area contributed by atoms with Gasteiger partial charge in [-0.2, -0.15) is 13.2 Å². The average molecular weight is 261 g/mol. The number of hydrogen-bond donors (Lipinski definition) is 1. The van der Waals surface area contributed by atoms with E-state index in [1.165, 1.54) is 6.07 Å². The fourth-order valence-corrected chi connectivity index (χ4v) is 1.98. The summed E-state index contributed by atoms with van der Waals surface area (Å²) in [6, 6.07) is 9.24. The molecule has 2 aliphatic rings. The second-order valence-corrected chi connectivity index (χ2v) is 4.04. The maximum Gasteiger partial charge on any atom is 0.418 e. The fraction of sp³-hybridized carbons (Fsp3) is 0.167. The molecule has 1 nitrogen and oxygen atoms in total. The summed E-state index contributed by atoms with van der Waals surface area (Å²) in [7, 11) is 0. The van der Waals surface area contributed by atoms with E-state index in [1.54, 1.807) is 24.3 Å². The van der Waals surface area contributed by atoms with Crippen molar-refractivity contribution in [1.82, 2.24) is 0 Å². The lowest BCUT2D eigenvalue weighted by atomic mass is 10.1. The molecule has 1 atom stereocenters. The Balaban J connectivity index is 2.59. The summed E-state index contributed by atoms with van der Waals surface area (Å²) in [6.45, 7) is 0. The van der Waals surface area contributed by atoms with E-state index in [0.29, 0.717) is 11.1 Å². The molecule has 90 valence electrons. The van der Waals surface area contributed by atoms with E-state index in [0.717, 1.165) is 6.07 Å². The zero-order chi connectivity index (χ0) is 12.6. The van der Waals surface area contributed by atoms with Crippen LogP contribution in [0.1, 0.15) is 11.7 Å². The topological polar surface area (TPSA) is 20.2 Å². The molecule has 2 aliphatic carbocycles. The molecule has 0 radical (unpaired) electrons. The van der Waals surface area contributed by atoms with Gasteiger partial charge in [0.25, 0.3) is 0 Å². The van der Waals surface area contributed by atoms with Crippen LogP contribution in [0.5, 0.6) is 0 Å². The van der Waals surface area contributed by atoms with Crippen LogP contribution in [0, 0.1) is 0 Å². The first-order chi connectivity index (χ1) is 7.91. The number of fused-ring (bicyclic) bond motifs is 1. The number of alkyl halides is 3. The van der Waals surface area contributed by atoms with Gasteiger partial charge in [0.1, 0.15) is 0 Å². The molecule has 0 fully saturated rings. The number of aliphatic hydroxyl groups excluding tert-OH is 1. The van der Waals surface area contributed by atoms with E-state index >= 15 is 0 Å². The Hall–Kier alpha value is -1.26. The Morgan fingerprint density at radius 3 is 2.24 bits per heavy atom. The fourth-order valence-electron chi connectivity index (χ4n) is 1.70. The Morgan fingerprint density at radius 2 is 1.65 bits per heavy atom. The summed E-state index contributed by atoms with van der Waals surface area (Å²) in [5.74, 6) is 0. The third-order valence-corrected chi connectivity index (χ3v) is 2.81. The minimum atomic E-state index is -4.70. The van der Waals surface area contributed by atoms with Crippen LogP contribution in [-0.4, -0.2) is 11.3 Å². The van der Waals surface area contributed by atoms with Gasteiger partial charge in [-0.05, 0) is 17.2 Å². The molecule has 0 amide bonds. The van der Waals surface area contributed by atoms with E-state index in [1.807, 2.05) is 0 Å². The second kappa shape index (κ2) is 4.20. The predicted molar refractivity (Wildman–Crippen MR) is 59.1 cm³/mol. The monoisotopic (exact) mass is 260 g/mol. The van der Waals surface area contributed by atoms with Crippen LogP contribution in [0.3, 0.4) is 0 Å². The summed E-state index contributed by atoms with van der Waals surface area (Å²) < 4.78 is 37.4. The lowest BCUT2D eigenvalue weighted by Crippen LogP contribution is -2.20. The number of hydrogen-bond acceptors (Lipinski definition) is 1. The molecule has 2 rings (SSSR count). The Labute approximate surface area is 101 Å². The van der Waals surface area contributed by atoms with Crippen molar-refractivity contribution in [3.63, 3.8) is 0 Å². The first kappa shape index (κ1) is 12.2. The zero-order valence-electron chi connectivity index (χ0n) is 8.50. The van der Waals surface area contributed by atoms with Crippen LogP contribution >= 0.6 is 11.6 Å². The van der Waals surface area contributed by atoms with Gasteiger partial charge in [0, 0.05) is 10.6 Å². The summed E-state index contributed by atoms with van der Waals surface area (Å²) in [6.07, 6.45) is -7.21. The highest BCUT2D eigenvalue weighted by Gasteiger charge is 2.41. The van der Waals surface area contributed by atoms with Gasteiger partial charge in [-0.3, -0.25) is 0 Å². The zero-order valence-corrected chi connectivity index (χ0v) is 9.26. The number of rotatable bonds is 1. The van der Waals surface area contributed by atoms with Gasteiger partial charge in [0.2, 0.25) is 0 Å². The van der Waals surface area contributed by atoms with Crippen molar-refractivity contribution in [2.24, 2.45) is 0 Å². The van der Waals surface area contributed by atoms with Crippen LogP contribution in [0.4, 0.5) is 13.2 Å². The first-order valence-corrected chi connectivity index (χ1v) is 5.21. The lowest BCUT2D eigenvalue weighted by molar-refractivity contribution is -0.206. The molecule has 0 saturated heterocycles. The SMILES string of the molecule is O[C@H](c1cc(Cl)c2cccccc1-2)C(F)(F)F. The largest absolute Gasteiger partial charge is 0.418 e. The van der Waals surface area contributed by atoms with Crippen LogP contribution in [0.25, 0.3) is 11.1 Å². The molecule has 0 aliphatic heterocycles. The van der Waals surface area contributed by atoms with Gasteiger partial charge in [-0.1, -0.05) is 41.9 Å². The normalized spacial score (nSPS) is 13.9. The second-order valence-electron chi connectivity index (χ2n) is 3.63. The summed E-state index contributed by atoms with van der Waals surface area (Å²) in [4.78, 5) is 0. The molecule has 0 unspecified atom stereocenters. The van der Waals surface area contributed by atoms with E-state index in [9.17, 15) is 18.3 Å². The van der Waals surface area contributed by atoms with Crippen molar-refractivity contribution in [3.05, 3.63) is 47.0 Å². The molecule has 5 heteroatoms. The summed E-state index contributed by atoms with van der Waals surface area (Å²) >= 11 is 5.85. The maximum absolute atomic E-state index is 12.5. The van der Waals surface area contributed by atoms with Crippen molar-refractivity contribution < 1.29 is 18.3 Å². The Bertz CT molecular complexity index is 510. The van der Waals surface area contributed by atoms with Crippen molar-refractivity contribution in [1.29, 1.82) is 0 Å². The lowest BCUT2D eigenvalue weighted by Gasteiger charge is -2.14. The Morgan fingerprint density at radius 1 is 1.06 bits per heavy atom. The predicted octanol–water partition coefficient (Wildman–Crippen LogP) is 4.04. The third kappa shape index (κ3) is 2.23. The minimum Gasteiger partial charge on any atom is -0.379 e. The highest BCUT2D eigenvalue weighted by atomic mass is 35.5. The summed E-state index contributed by atoms with van der Waals surface area (Å²) in [5, 5.41) is 9.47. The molecule has 0 spiro atoms. The molecule has 0 heterocycles. The van der Waals surface area contributed by atoms with Gasteiger partial charge in [-0.15, -0.1) is 0 Å². The van der Waals surface area contributed by atoms with Gasteiger partial charge in [-0.25, -0.2) is 0 Å². The maximum atomic E-state index is 12.5. The molecular weight excluding hydrogens is 253 g/mol. The smallest absolute Gasteiger partial charge is 0.379 e. The molecule has 1 N–H and O–H groups in total. The van der Waals surface area contributed by atoms with Crippen LogP contribution < -0.4 is 0 Å². The molecule has 17 heavy (non-hydrogen) atoms. The standard InChI is InChI=1S/C12H8ClF3O/c13-10-6-9(11(17)12(14,15)16)7-4-2-1-3-5-8(7)10/h1-6,11,17H/t11-/m1/s1. The molecular formula is C12H8ClF3O. The quantitative estimate of drug-likeness (QED) is 0.820. The number of halogens is 4. The van der Waals surface area contributed by atoms with Crippen LogP contribution in [-0.2, 0) is 0 Å². The van der Waals surface area contributed by atoms with Crippen LogP contribution in [0.15, 0.2) is 36.4 Å².